The first-order valence-electron chi connectivity index (χ1n) is 4.31. The highest BCUT2D eigenvalue weighted by molar-refractivity contribution is 5.73. The molecule has 0 fully saturated rings. The molecule has 72 valence electrons. The van der Waals surface area contributed by atoms with Crippen LogP contribution in [0, 0.1) is 0 Å². The van der Waals surface area contributed by atoms with Gasteiger partial charge in [0.15, 0.2) is 0 Å². The molecule has 0 saturated carbocycles. The van der Waals surface area contributed by atoms with Gasteiger partial charge in [-0.05, 0) is 17.7 Å². The molecule has 0 aliphatic carbocycles. The number of nitrogen functional groups attached to an aromatic ring is 2. The molecule has 4 N–H and O–H groups in total. The van der Waals surface area contributed by atoms with Crippen molar-refractivity contribution in [3.63, 3.8) is 0 Å². The van der Waals surface area contributed by atoms with Crippen molar-refractivity contribution in [3.05, 3.63) is 30.6 Å². The molecule has 0 bridgehead atoms. The van der Waals surface area contributed by atoms with E-state index < -0.39 is 0 Å². The van der Waals surface area contributed by atoms with E-state index >= 15 is 0 Å². The standard InChI is InChI=1S/C10H12N4/c1-14-6-8(5-13-14)7-2-3-9(11)10(12)4-7/h2-6H,11-12H2,1H3. The molecule has 2 rings (SSSR count). The topological polar surface area (TPSA) is 69.9 Å². The third-order valence-corrected chi connectivity index (χ3v) is 2.12. The van der Waals surface area contributed by atoms with Crippen molar-refractivity contribution >= 4 is 11.4 Å². The van der Waals surface area contributed by atoms with Crippen molar-refractivity contribution in [1.29, 1.82) is 0 Å². The summed E-state index contributed by atoms with van der Waals surface area (Å²) in [4.78, 5) is 0. The lowest BCUT2D eigenvalue weighted by molar-refractivity contribution is 0.768. The Morgan fingerprint density at radius 1 is 1.14 bits per heavy atom. The number of benzene rings is 1. The molecule has 4 heteroatoms. The third kappa shape index (κ3) is 1.42. The van der Waals surface area contributed by atoms with E-state index in [-0.39, 0.29) is 0 Å². The summed E-state index contributed by atoms with van der Waals surface area (Å²) < 4.78 is 1.75. The van der Waals surface area contributed by atoms with E-state index in [4.69, 9.17) is 11.5 Å². The van der Waals surface area contributed by atoms with Gasteiger partial charge in [0.1, 0.15) is 0 Å². The summed E-state index contributed by atoms with van der Waals surface area (Å²) in [5, 5.41) is 4.09. The van der Waals surface area contributed by atoms with Crippen molar-refractivity contribution in [2.24, 2.45) is 7.05 Å². The Bertz CT molecular complexity index is 459. The van der Waals surface area contributed by atoms with Crippen molar-refractivity contribution in [1.82, 2.24) is 9.78 Å². The smallest absolute Gasteiger partial charge is 0.0568 e. The molecule has 1 aromatic heterocycles. The van der Waals surface area contributed by atoms with Crippen LogP contribution in [0.25, 0.3) is 11.1 Å². The van der Waals surface area contributed by atoms with Crippen molar-refractivity contribution in [2.45, 2.75) is 0 Å². The zero-order chi connectivity index (χ0) is 10.1. The van der Waals surface area contributed by atoms with Gasteiger partial charge in [-0.15, -0.1) is 0 Å². The van der Waals surface area contributed by atoms with E-state index in [0.717, 1.165) is 11.1 Å². The molecule has 4 nitrogen and oxygen atoms in total. The highest BCUT2D eigenvalue weighted by atomic mass is 15.2. The van der Waals surface area contributed by atoms with Crippen LogP contribution in [0.5, 0.6) is 0 Å². The van der Waals surface area contributed by atoms with Crippen molar-refractivity contribution < 1.29 is 0 Å². The van der Waals surface area contributed by atoms with Gasteiger partial charge in [-0.3, -0.25) is 4.68 Å². The lowest BCUT2D eigenvalue weighted by Gasteiger charge is -2.02. The summed E-state index contributed by atoms with van der Waals surface area (Å²) in [5.74, 6) is 0. The van der Waals surface area contributed by atoms with E-state index in [1.807, 2.05) is 25.4 Å². The highest BCUT2D eigenvalue weighted by Crippen LogP contribution is 2.24. The fraction of sp³-hybridized carbons (Fsp3) is 0.100. The van der Waals surface area contributed by atoms with Gasteiger partial charge < -0.3 is 11.5 Å². The summed E-state index contributed by atoms with van der Waals surface area (Å²) in [5.41, 5.74) is 14.6. The molecular weight excluding hydrogens is 176 g/mol. The Hall–Kier alpha value is -1.97. The van der Waals surface area contributed by atoms with E-state index in [1.54, 1.807) is 16.9 Å². The van der Waals surface area contributed by atoms with Crippen LogP contribution >= 0.6 is 0 Å². The van der Waals surface area contributed by atoms with Crippen LogP contribution in [0.4, 0.5) is 11.4 Å². The maximum Gasteiger partial charge on any atom is 0.0568 e. The number of anilines is 2. The minimum absolute atomic E-state index is 0.603. The van der Waals surface area contributed by atoms with Crippen molar-refractivity contribution in [3.8, 4) is 11.1 Å². The van der Waals surface area contributed by atoms with E-state index in [1.165, 1.54) is 0 Å². The van der Waals surface area contributed by atoms with Gasteiger partial charge in [0.05, 0.1) is 17.6 Å². The van der Waals surface area contributed by atoms with Crippen LogP contribution < -0.4 is 11.5 Å². The Morgan fingerprint density at radius 3 is 2.50 bits per heavy atom. The summed E-state index contributed by atoms with van der Waals surface area (Å²) in [6.07, 6.45) is 3.73. The van der Waals surface area contributed by atoms with Crippen molar-refractivity contribution in [2.75, 3.05) is 11.5 Å². The summed E-state index contributed by atoms with van der Waals surface area (Å²) >= 11 is 0. The van der Waals surface area contributed by atoms with Gasteiger partial charge in [0.2, 0.25) is 0 Å². The van der Waals surface area contributed by atoms with Crippen LogP contribution in [-0.4, -0.2) is 9.78 Å². The van der Waals surface area contributed by atoms with Gasteiger partial charge in [0.25, 0.3) is 0 Å². The quantitative estimate of drug-likeness (QED) is 0.662. The Kier molecular flexibility index (Phi) is 1.89. The van der Waals surface area contributed by atoms with Gasteiger partial charge in [0, 0.05) is 18.8 Å². The lowest BCUT2D eigenvalue weighted by Crippen LogP contribution is -1.93. The van der Waals surface area contributed by atoms with Crippen LogP contribution in [0.3, 0.4) is 0 Å². The van der Waals surface area contributed by atoms with E-state index in [9.17, 15) is 0 Å². The number of rotatable bonds is 1. The summed E-state index contributed by atoms with van der Waals surface area (Å²) in [7, 11) is 1.88. The number of nitrogens with two attached hydrogens (primary N) is 2. The molecular formula is C10H12N4. The SMILES string of the molecule is Cn1cc(-c2ccc(N)c(N)c2)cn1. The maximum absolute atomic E-state index is 5.71. The molecule has 0 aliphatic heterocycles. The van der Waals surface area contributed by atoms with Crippen LogP contribution in [-0.2, 0) is 7.05 Å². The second-order valence-electron chi connectivity index (χ2n) is 3.25. The second-order valence-corrected chi connectivity index (χ2v) is 3.25. The largest absolute Gasteiger partial charge is 0.397 e. The molecule has 0 spiro atoms. The number of nitrogens with zero attached hydrogens (tertiary/aromatic N) is 2. The predicted octanol–water partition coefficient (Wildman–Crippen LogP) is 1.25. The Labute approximate surface area is 82.1 Å². The molecule has 0 radical (unpaired) electrons. The fourth-order valence-electron chi connectivity index (χ4n) is 1.32. The zero-order valence-corrected chi connectivity index (χ0v) is 7.94. The Balaban J connectivity index is 2.47. The molecule has 0 atom stereocenters. The average Bonchev–Trinajstić information content (AvgIpc) is 2.57. The first kappa shape index (κ1) is 8.62. The molecule has 14 heavy (non-hydrogen) atoms. The molecule has 0 aliphatic rings. The van der Waals surface area contributed by atoms with Crippen LogP contribution in [0.1, 0.15) is 0 Å². The number of aryl methyl sites for hydroxylation is 1. The van der Waals surface area contributed by atoms with Crippen LogP contribution in [0.2, 0.25) is 0 Å². The average molecular weight is 188 g/mol. The number of aromatic nitrogens is 2. The zero-order valence-electron chi connectivity index (χ0n) is 7.94. The Morgan fingerprint density at radius 2 is 1.93 bits per heavy atom. The lowest BCUT2D eigenvalue weighted by atomic mass is 10.1. The maximum atomic E-state index is 5.71. The number of hydrogen-bond donors (Lipinski definition) is 2. The second kappa shape index (κ2) is 3.06. The molecule has 0 unspecified atom stereocenters. The van der Waals surface area contributed by atoms with Gasteiger partial charge >= 0.3 is 0 Å². The summed E-state index contributed by atoms with van der Waals surface area (Å²) in [6.45, 7) is 0. The van der Waals surface area contributed by atoms with Crippen LogP contribution in [0.15, 0.2) is 30.6 Å². The fourth-order valence-corrected chi connectivity index (χ4v) is 1.32. The molecule has 2 aromatic rings. The minimum Gasteiger partial charge on any atom is -0.397 e. The highest BCUT2D eigenvalue weighted by Gasteiger charge is 2.01. The van der Waals surface area contributed by atoms with E-state index in [0.29, 0.717) is 11.4 Å². The van der Waals surface area contributed by atoms with Gasteiger partial charge in [-0.1, -0.05) is 6.07 Å². The van der Waals surface area contributed by atoms with Gasteiger partial charge in [-0.2, -0.15) is 5.10 Å². The molecule has 1 aromatic carbocycles. The molecule has 0 saturated heterocycles. The first-order valence-corrected chi connectivity index (χ1v) is 4.31. The molecule has 0 amide bonds. The minimum atomic E-state index is 0.603. The summed E-state index contributed by atoms with van der Waals surface area (Å²) in [6, 6.07) is 5.59. The first-order chi connectivity index (χ1) is 6.66. The third-order valence-electron chi connectivity index (χ3n) is 2.12. The van der Waals surface area contributed by atoms with E-state index in [2.05, 4.69) is 5.10 Å². The normalized spacial score (nSPS) is 10.4. The monoisotopic (exact) mass is 188 g/mol. The van der Waals surface area contributed by atoms with Gasteiger partial charge in [-0.25, -0.2) is 0 Å². The number of hydrogen-bond acceptors (Lipinski definition) is 3. The predicted molar refractivity (Wildman–Crippen MR) is 57.5 cm³/mol. The molecule has 1 heterocycles.